The molecule has 3 aromatic rings. The van der Waals surface area contributed by atoms with Gasteiger partial charge in [0.1, 0.15) is 5.82 Å². The van der Waals surface area contributed by atoms with E-state index in [1.165, 1.54) is 5.56 Å². The molecule has 2 heterocycles. The van der Waals surface area contributed by atoms with Gasteiger partial charge in [0, 0.05) is 45.3 Å². The minimum Gasteiger partial charge on any atom is -0.336 e. The molecule has 0 saturated carbocycles. The van der Waals surface area contributed by atoms with Gasteiger partial charge in [-0.25, -0.2) is 4.98 Å². The summed E-state index contributed by atoms with van der Waals surface area (Å²) >= 11 is 0. The van der Waals surface area contributed by atoms with Gasteiger partial charge in [0.2, 0.25) is 0 Å². The minimum atomic E-state index is 0.106. The molecule has 0 radical (unpaired) electrons. The number of hydrogen-bond donors (Lipinski definition) is 0. The van der Waals surface area contributed by atoms with E-state index in [1.807, 2.05) is 47.7 Å². The van der Waals surface area contributed by atoms with Gasteiger partial charge in [-0.05, 0) is 30.7 Å². The summed E-state index contributed by atoms with van der Waals surface area (Å²) in [7, 11) is 2.00. The molecule has 0 N–H and O–H groups in total. The molecule has 2 aromatic carbocycles. The SMILES string of the molecule is Cc1nc2cc(C(=O)N3CCN(Cc4ccccc4)CC3)ccc2n1C. The highest BCUT2D eigenvalue weighted by Gasteiger charge is 2.22. The second kappa shape index (κ2) is 6.92. The Morgan fingerprint density at radius 1 is 1.04 bits per heavy atom. The standard InChI is InChI=1S/C21H24N4O/c1-16-22-19-14-18(8-9-20(19)23(16)2)21(26)25-12-10-24(11-13-25)15-17-6-4-3-5-7-17/h3-9,14H,10-13,15H2,1-2H3. The van der Waals surface area contributed by atoms with E-state index in [1.54, 1.807) is 0 Å². The lowest BCUT2D eigenvalue weighted by molar-refractivity contribution is 0.0628. The topological polar surface area (TPSA) is 41.4 Å². The quantitative estimate of drug-likeness (QED) is 0.731. The number of aryl methyl sites for hydroxylation is 2. The molecule has 0 atom stereocenters. The fourth-order valence-corrected chi connectivity index (χ4v) is 3.59. The molecule has 134 valence electrons. The van der Waals surface area contributed by atoms with Gasteiger partial charge in [-0.2, -0.15) is 0 Å². The summed E-state index contributed by atoms with van der Waals surface area (Å²) < 4.78 is 2.05. The predicted molar refractivity (Wildman–Crippen MR) is 103 cm³/mol. The molecule has 0 bridgehead atoms. The second-order valence-electron chi connectivity index (χ2n) is 6.98. The summed E-state index contributed by atoms with van der Waals surface area (Å²) in [5.74, 6) is 1.06. The van der Waals surface area contributed by atoms with Crippen LogP contribution in [0.2, 0.25) is 0 Å². The van der Waals surface area contributed by atoms with Crippen LogP contribution in [0.1, 0.15) is 21.7 Å². The highest BCUT2D eigenvalue weighted by atomic mass is 16.2. The Morgan fingerprint density at radius 2 is 1.77 bits per heavy atom. The highest BCUT2D eigenvalue weighted by Crippen LogP contribution is 2.18. The fourth-order valence-electron chi connectivity index (χ4n) is 3.59. The summed E-state index contributed by atoms with van der Waals surface area (Å²) in [6.45, 7) is 6.28. The van der Waals surface area contributed by atoms with Crippen LogP contribution < -0.4 is 0 Å². The molecule has 5 nitrogen and oxygen atoms in total. The van der Waals surface area contributed by atoms with Gasteiger partial charge in [-0.15, -0.1) is 0 Å². The van der Waals surface area contributed by atoms with Gasteiger partial charge >= 0.3 is 0 Å². The largest absolute Gasteiger partial charge is 0.336 e. The minimum absolute atomic E-state index is 0.106. The number of rotatable bonds is 3. The third kappa shape index (κ3) is 3.22. The lowest BCUT2D eigenvalue weighted by atomic mass is 10.1. The van der Waals surface area contributed by atoms with Gasteiger partial charge in [0.15, 0.2) is 0 Å². The summed E-state index contributed by atoms with van der Waals surface area (Å²) in [5, 5.41) is 0. The molecule has 1 aliphatic rings. The van der Waals surface area contributed by atoms with Crippen molar-refractivity contribution in [2.45, 2.75) is 13.5 Å². The third-order valence-corrected chi connectivity index (χ3v) is 5.26. The first-order valence-corrected chi connectivity index (χ1v) is 9.10. The van der Waals surface area contributed by atoms with E-state index in [0.29, 0.717) is 0 Å². The van der Waals surface area contributed by atoms with Crippen molar-refractivity contribution in [2.75, 3.05) is 26.2 Å². The normalized spacial score (nSPS) is 15.5. The third-order valence-electron chi connectivity index (χ3n) is 5.26. The molecule has 26 heavy (non-hydrogen) atoms. The van der Waals surface area contributed by atoms with Crippen molar-refractivity contribution in [3.8, 4) is 0 Å². The van der Waals surface area contributed by atoms with Crippen LogP contribution in [0.15, 0.2) is 48.5 Å². The van der Waals surface area contributed by atoms with Crippen molar-refractivity contribution in [1.82, 2.24) is 19.4 Å². The van der Waals surface area contributed by atoms with E-state index < -0.39 is 0 Å². The van der Waals surface area contributed by atoms with Crippen LogP contribution in [-0.4, -0.2) is 51.4 Å². The summed E-state index contributed by atoms with van der Waals surface area (Å²) in [4.78, 5) is 21.8. The lowest BCUT2D eigenvalue weighted by Crippen LogP contribution is -2.48. The van der Waals surface area contributed by atoms with Gasteiger partial charge in [0.05, 0.1) is 11.0 Å². The van der Waals surface area contributed by atoms with Gasteiger partial charge in [0.25, 0.3) is 5.91 Å². The smallest absolute Gasteiger partial charge is 0.254 e. The molecule has 0 spiro atoms. The van der Waals surface area contributed by atoms with Crippen molar-refractivity contribution >= 4 is 16.9 Å². The molecule has 0 aliphatic carbocycles. The number of aromatic nitrogens is 2. The zero-order valence-corrected chi connectivity index (χ0v) is 15.4. The maximum Gasteiger partial charge on any atom is 0.254 e. The summed E-state index contributed by atoms with van der Waals surface area (Å²) in [6.07, 6.45) is 0. The molecule has 1 amide bonds. The Kier molecular flexibility index (Phi) is 4.47. The molecule has 1 saturated heterocycles. The lowest BCUT2D eigenvalue weighted by Gasteiger charge is -2.34. The van der Waals surface area contributed by atoms with E-state index in [0.717, 1.165) is 55.1 Å². The van der Waals surface area contributed by atoms with Crippen molar-refractivity contribution in [1.29, 1.82) is 0 Å². The molecule has 1 aliphatic heterocycles. The molecule has 1 aromatic heterocycles. The Balaban J connectivity index is 1.42. The zero-order chi connectivity index (χ0) is 18.1. The monoisotopic (exact) mass is 348 g/mol. The predicted octanol–water partition coefficient (Wildman–Crippen LogP) is 2.84. The van der Waals surface area contributed by atoms with Crippen molar-refractivity contribution in [2.24, 2.45) is 7.05 Å². The Bertz CT molecular complexity index is 924. The molecule has 0 unspecified atom stereocenters. The molecular formula is C21H24N4O. The average molecular weight is 348 g/mol. The number of amides is 1. The Morgan fingerprint density at radius 3 is 2.50 bits per heavy atom. The van der Waals surface area contributed by atoms with Crippen molar-refractivity contribution in [3.63, 3.8) is 0 Å². The number of piperazine rings is 1. The maximum absolute atomic E-state index is 12.9. The van der Waals surface area contributed by atoms with Crippen LogP contribution in [0.25, 0.3) is 11.0 Å². The number of carbonyl (C=O) groups is 1. The van der Waals surface area contributed by atoms with E-state index in [9.17, 15) is 4.79 Å². The molecular weight excluding hydrogens is 324 g/mol. The highest BCUT2D eigenvalue weighted by molar-refractivity contribution is 5.97. The van der Waals surface area contributed by atoms with Crippen LogP contribution in [0.4, 0.5) is 0 Å². The van der Waals surface area contributed by atoms with Gasteiger partial charge in [-0.1, -0.05) is 30.3 Å². The van der Waals surface area contributed by atoms with Crippen molar-refractivity contribution < 1.29 is 4.79 Å². The maximum atomic E-state index is 12.9. The fraction of sp³-hybridized carbons (Fsp3) is 0.333. The second-order valence-corrected chi connectivity index (χ2v) is 6.98. The van der Waals surface area contributed by atoms with Crippen LogP contribution in [-0.2, 0) is 13.6 Å². The van der Waals surface area contributed by atoms with Gasteiger partial charge in [-0.3, -0.25) is 9.69 Å². The first-order chi connectivity index (χ1) is 12.6. The average Bonchev–Trinajstić information content (AvgIpc) is 2.96. The van der Waals surface area contributed by atoms with Crippen LogP contribution in [0.5, 0.6) is 0 Å². The molecule has 5 heteroatoms. The number of imidazole rings is 1. The Labute approximate surface area is 153 Å². The summed E-state index contributed by atoms with van der Waals surface area (Å²) in [6, 6.07) is 16.3. The van der Waals surface area contributed by atoms with E-state index in [4.69, 9.17) is 0 Å². The number of benzene rings is 2. The van der Waals surface area contributed by atoms with Crippen LogP contribution >= 0.6 is 0 Å². The van der Waals surface area contributed by atoms with Crippen molar-refractivity contribution in [3.05, 3.63) is 65.5 Å². The summed E-state index contributed by atoms with van der Waals surface area (Å²) in [5.41, 5.74) is 4.00. The number of hydrogen-bond acceptors (Lipinski definition) is 3. The Hall–Kier alpha value is -2.66. The number of fused-ring (bicyclic) bond motifs is 1. The zero-order valence-electron chi connectivity index (χ0n) is 15.4. The first kappa shape index (κ1) is 16.8. The number of nitrogens with zero attached hydrogens (tertiary/aromatic N) is 4. The van der Waals surface area contributed by atoms with E-state index >= 15 is 0 Å². The van der Waals surface area contributed by atoms with E-state index in [2.05, 4.69) is 34.1 Å². The van der Waals surface area contributed by atoms with Crippen LogP contribution in [0.3, 0.4) is 0 Å². The van der Waals surface area contributed by atoms with Crippen LogP contribution in [0, 0.1) is 6.92 Å². The molecule has 1 fully saturated rings. The van der Waals surface area contributed by atoms with Gasteiger partial charge < -0.3 is 9.47 Å². The van der Waals surface area contributed by atoms with E-state index in [-0.39, 0.29) is 5.91 Å². The number of carbonyl (C=O) groups excluding carboxylic acids is 1. The molecule has 4 rings (SSSR count). The first-order valence-electron chi connectivity index (χ1n) is 9.10.